The second-order valence-corrected chi connectivity index (χ2v) is 8.44. The fourth-order valence-electron chi connectivity index (χ4n) is 3.77. The number of anilines is 2. The molecule has 0 unspecified atom stereocenters. The number of rotatable bonds is 7. The molecule has 5 heteroatoms. The van der Waals surface area contributed by atoms with Crippen molar-refractivity contribution < 1.29 is 14.4 Å². The highest BCUT2D eigenvalue weighted by Gasteiger charge is 2.18. The van der Waals surface area contributed by atoms with Crippen molar-refractivity contribution in [1.29, 1.82) is 0 Å². The van der Waals surface area contributed by atoms with E-state index in [2.05, 4.69) is 10.6 Å². The first-order valence-electron chi connectivity index (χ1n) is 11.4. The minimum atomic E-state index is -0.497. The van der Waals surface area contributed by atoms with Crippen LogP contribution in [-0.2, 0) is 4.79 Å². The average molecular weight is 463 g/mol. The van der Waals surface area contributed by atoms with E-state index in [0.717, 1.165) is 11.1 Å². The van der Waals surface area contributed by atoms with E-state index in [-0.39, 0.29) is 17.6 Å². The van der Waals surface area contributed by atoms with Gasteiger partial charge in [-0.2, -0.15) is 0 Å². The second-order valence-electron chi connectivity index (χ2n) is 8.44. The number of hydrogen-bond acceptors (Lipinski definition) is 3. The summed E-state index contributed by atoms with van der Waals surface area (Å²) < 4.78 is 0. The van der Waals surface area contributed by atoms with Crippen molar-refractivity contribution >= 4 is 29.0 Å². The Hall–Kier alpha value is -4.51. The third-order valence-corrected chi connectivity index (χ3v) is 5.75. The van der Waals surface area contributed by atoms with Crippen molar-refractivity contribution in [2.24, 2.45) is 0 Å². The van der Waals surface area contributed by atoms with Gasteiger partial charge < -0.3 is 10.6 Å². The molecule has 1 atom stereocenters. The zero-order valence-corrected chi connectivity index (χ0v) is 19.6. The molecule has 2 N–H and O–H groups in total. The van der Waals surface area contributed by atoms with E-state index in [4.69, 9.17) is 0 Å². The van der Waals surface area contributed by atoms with Crippen LogP contribution in [0.5, 0.6) is 0 Å². The predicted molar refractivity (Wildman–Crippen MR) is 139 cm³/mol. The first-order valence-corrected chi connectivity index (χ1v) is 11.4. The summed E-state index contributed by atoms with van der Waals surface area (Å²) in [5, 5.41) is 5.76. The van der Waals surface area contributed by atoms with E-state index >= 15 is 0 Å². The third-order valence-electron chi connectivity index (χ3n) is 5.75. The molecular weight excluding hydrogens is 436 g/mol. The molecule has 0 saturated carbocycles. The van der Waals surface area contributed by atoms with Crippen LogP contribution in [0.15, 0.2) is 103 Å². The van der Waals surface area contributed by atoms with E-state index in [0.29, 0.717) is 28.1 Å². The Morgan fingerprint density at radius 1 is 0.629 bits per heavy atom. The summed E-state index contributed by atoms with van der Waals surface area (Å²) in [6, 6.07) is 30.5. The van der Waals surface area contributed by atoms with Crippen molar-refractivity contribution in [2.45, 2.75) is 19.8 Å². The maximum atomic E-state index is 13.0. The van der Waals surface area contributed by atoms with Crippen LogP contribution in [0.1, 0.15) is 50.2 Å². The Balaban J connectivity index is 1.45. The van der Waals surface area contributed by atoms with Crippen LogP contribution < -0.4 is 10.6 Å². The highest BCUT2D eigenvalue weighted by molar-refractivity contribution is 6.09. The van der Waals surface area contributed by atoms with Gasteiger partial charge in [-0.05, 0) is 61.4 Å². The molecule has 0 spiro atoms. The van der Waals surface area contributed by atoms with Gasteiger partial charge >= 0.3 is 0 Å². The van der Waals surface area contributed by atoms with Gasteiger partial charge in [0.15, 0.2) is 5.78 Å². The van der Waals surface area contributed by atoms with Crippen LogP contribution in [0.2, 0.25) is 0 Å². The Kier molecular flexibility index (Phi) is 7.17. The zero-order valence-electron chi connectivity index (χ0n) is 19.6. The SMILES string of the molecule is Cc1cccc(NC(=O)c2cccc(NC(=O)[C@@H](C)c3cccc(C(=O)c4ccccc4)c3)c2)c1. The van der Waals surface area contributed by atoms with Gasteiger partial charge in [0.2, 0.25) is 5.91 Å². The Morgan fingerprint density at radius 2 is 1.26 bits per heavy atom. The number of nitrogens with one attached hydrogen (secondary N) is 2. The molecule has 174 valence electrons. The predicted octanol–water partition coefficient (Wildman–Crippen LogP) is 6.22. The van der Waals surface area contributed by atoms with E-state index < -0.39 is 5.92 Å². The lowest BCUT2D eigenvalue weighted by Gasteiger charge is -2.14. The molecule has 0 aliphatic rings. The summed E-state index contributed by atoms with van der Waals surface area (Å²) in [5.74, 6) is -1.08. The van der Waals surface area contributed by atoms with Crippen molar-refractivity contribution in [2.75, 3.05) is 10.6 Å². The number of benzene rings is 4. The lowest BCUT2D eigenvalue weighted by Crippen LogP contribution is -2.20. The Labute approximate surface area is 204 Å². The van der Waals surface area contributed by atoms with Gasteiger partial charge in [-0.25, -0.2) is 0 Å². The summed E-state index contributed by atoms with van der Waals surface area (Å²) in [5.41, 5.74) is 4.58. The molecule has 0 aromatic heterocycles. The summed E-state index contributed by atoms with van der Waals surface area (Å²) in [6.45, 7) is 3.75. The molecule has 0 bridgehead atoms. The largest absolute Gasteiger partial charge is 0.326 e. The fraction of sp³-hybridized carbons (Fsp3) is 0.100. The van der Waals surface area contributed by atoms with Crippen LogP contribution in [0.25, 0.3) is 0 Å². The van der Waals surface area contributed by atoms with E-state index in [1.165, 1.54) is 0 Å². The molecule has 0 aliphatic heterocycles. The molecule has 4 aromatic carbocycles. The van der Waals surface area contributed by atoms with E-state index in [1.54, 1.807) is 61.5 Å². The molecule has 0 radical (unpaired) electrons. The number of aryl methyl sites for hydroxylation is 1. The van der Waals surface area contributed by atoms with Gasteiger partial charge in [0.05, 0.1) is 5.92 Å². The number of ketones is 1. The standard InChI is InChI=1S/C30H26N2O3/c1-20-9-6-15-26(17-20)32-30(35)25-14-8-16-27(19-25)31-29(34)21(2)23-12-7-13-24(18-23)28(33)22-10-4-3-5-11-22/h3-19,21H,1-2H3,(H,31,34)(H,32,35)/t21-/m0/s1. The molecule has 4 rings (SSSR count). The van der Waals surface area contributed by atoms with Crippen molar-refractivity contribution in [3.8, 4) is 0 Å². The molecule has 5 nitrogen and oxygen atoms in total. The van der Waals surface area contributed by atoms with Gasteiger partial charge in [0.25, 0.3) is 5.91 Å². The van der Waals surface area contributed by atoms with Crippen LogP contribution in [0, 0.1) is 6.92 Å². The Morgan fingerprint density at radius 3 is 2.00 bits per heavy atom. The van der Waals surface area contributed by atoms with Crippen LogP contribution in [0.3, 0.4) is 0 Å². The van der Waals surface area contributed by atoms with Crippen LogP contribution in [-0.4, -0.2) is 17.6 Å². The van der Waals surface area contributed by atoms with Crippen LogP contribution >= 0.6 is 0 Å². The van der Waals surface area contributed by atoms with Gasteiger partial charge in [-0.1, -0.05) is 66.7 Å². The van der Waals surface area contributed by atoms with Gasteiger partial charge in [-0.3, -0.25) is 14.4 Å². The third kappa shape index (κ3) is 5.89. The molecular formula is C30H26N2O3. The van der Waals surface area contributed by atoms with Crippen molar-refractivity contribution in [3.05, 3.63) is 131 Å². The van der Waals surface area contributed by atoms with Gasteiger partial charge in [0.1, 0.15) is 0 Å². The number of carbonyl (C=O) groups is 3. The average Bonchev–Trinajstić information content (AvgIpc) is 2.88. The summed E-state index contributed by atoms with van der Waals surface area (Å²) >= 11 is 0. The quantitative estimate of drug-likeness (QED) is 0.320. The molecule has 0 aliphatic carbocycles. The highest BCUT2D eigenvalue weighted by atomic mass is 16.2. The highest BCUT2D eigenvalue weighted by Crippen LogP contribution is 2.22. The Bertz CT molecular complexity index is 1380. The number of carbonyl (C=O) groups excluding carboxylic acids is 3. The fourth-order valence-corrected chi connectivity index (χ4v) is 3.77. The second kappa shape index (κ2) is 10.6. The zero-order chi connectivity index (χ0) is 24.8. The lowest BCUT2D eigenvalue weighted by atomic mass is 9.95. The maximum Gasteiger partial charge on any atom is 0.255 e. The van der Waals surface area contributed by atoms with E-state index in [9.17, 15) is 14.4 Å². The number of hydrogen-bond donors (Lipinski definition) is 2. The normalized spacial score (nSPS) is 11.4. The van der Waals surface area contributed by atoms with Crippen molar-refractivity contribution in [1.82, 2.24) is 0 Å². The molecule has 4 aromatic rings. The molecule has 0 saturated heterocycles. The number of amides is 2. The lowest BCUT2D eigenvalue weighted by molar-refractivity contribution is -0.117. The molecule has 0 heterocycles. The first kappa shape index (κ1) is 23.6. The molecule has 2 amide bonds. The first-order chi connectivity index (χ1) is 16.9. The smallest absolute Gasteiger partial charge is 0.255 e. The topological polar surface area (TPSA) is 75.3 Å². The minimum Gasteiger partial charge on any atom is -0.326 e. The van der Waals surface area contributed by atoms with Gasteiger partial charge in [-0.15, -0.1) is 0 Å². The summed E-state index contributed by atoms with van der Waals surface area (Å²) in [4.78, 5) is 38.5. The summed E-state index contributed by atoms with van der Waals surface area (Å²) in [6.07, 6.45) is 0. The van der Waals surface area contributed by atoms with Crippen LogP contribution in [0.4, 0.5) is 11.4 Å². The summed E-state index contributed by atoms with van der Waals surface area (Å²) in [7, 11) is 0. The monoisotopic (exact) mass is 462 g/mol. The minimum absolute atomic E-state index is 0.0904. The van der Waals surface area contributed by atoms with E-state index in [1.807, 2.05) is 55.5 Å². The van der Waals surface area contributed by atoms with Gasteiger partial charge in [0, 0.05) is 28.1 Å². The van der Waals surface area contributed by atoms with Crippen molar-refractivity contribution in [3.63, 3.8) is 0 Å². The molecule has 0 fully saturated rings. The maximum absolute atomic E-state index is 13.0. The molecule has 35 heavy (non-hydrogen) atoms.